The molecular formula is C26H30N2O2. The van der Waals surface area contributed by atoms with Crippen molar-refractivity contribution in [1.29, 1.82) is 0 Å². The molecule has 0 aromatic heterocycles. The van der Waals surface area contributed by atoms with Gasteiger partial charge in [0.15, 0.2) is 0 Å². The van der Waals surface area contributed by atoms with E-state index in [9.17, 15) is 9.59 Å². The van der Waals surface area contributed by atoms with Crippen molar-refractivity contribution in [3.8, 4) is 0 Å². The Morgan fingerprint density at radius 3 is 2.30 bits per heavy atom. The van der Waals surface area contributed by atoms with Crippen LogP contribution in [0.25, 0.3) is 0 Å². The van der Waals surface area contributed by atoms with Crippen molar-refractivity contribution in [3.63, 3.8) is 0 Å². The molecule has 2 saturated carbocycles. The molecule has 0 spiro atoms. The molecule has 4 atom stereocenters. The van der Waals surface area contributed by atoms with E-state index in [1.165, 1.54) is 0 Å². The number of nitrogens with zero attached hydrogens (tertiary/aromatic N) is 2. The Morgan fingerprint density at radius 2 is 1.63 bits per heavy atom. The number of hydrogen-bond donors (Lipinski definition) is 0. The van der Waals surface area contributed by atoms with Gasteiger partial charge < -0.3 is 0 Å². The van der Waals surface area contributed by atoms with Gasteiger partial charge in [0.2, 0.25) is 5.91 Å². The fourth-order valence-corrected chi connectivity index (χ4v) is 6.56. The van der Waals surface area contributed by atoms with E-state index in [0.717, 1.165) is 24.1 Å². The number of aryl methyl sites for hydroxylation is 1. The van der Waals surface area contributed by atoms with Crippen LogP contribution in [0.5, 0.6) is 0 Å². The van der Waals surface area contributed by atoms with Gasteiger partial charge in [-0.05, 0) is 53.7 Å². The number of urea groups is 1. The largest absolute Gasteiger partial charge is 0.331 e. The summed E-state index contributed by atoms with van der Waals surface area (Å²) in [6, 6.07) is 19.8. The summed E-state index contributed by atoms with van der Waals surface area (Å²) in [4.78, 5) is 30.7. The van der Waals surface area contributed by atoms with E-state index in [-0.39, 0.29) is 34.9 Å². The van der Waals surface area contributed by atoms with Crippen LogP contribution < -0.4 is 4.90 Å². The summed E-state index contributed by atoms with van der Waals surface area (Å²) in [5.74, 6) is 0.366. The van der Waals surface area contributed by atoms with Crippen LogP contribution in [0.15, 0.2) is 60.7 Å². The topological polar surface area (TPSA) is 40.6 Å². The van der Waals surface area contributed by atoms with Gasteiger partial charge in [0.05, 0.1) is 12.1 Å². The van der Waals surface area contributed by atoms with E-state index in [4.69, 9.17) is 0 Å². The standard InChI is InChI=1S/C26H30N2O2/c1-25(2)20-16-17-26(25,3)23-22(20)27(19-12-8-5-9-13-19)24(30)28(23)21(29)15-14-18-10-6-4-7-11-18/h4-13,20,22-23H,14-17H2,1-3H3/t20-,22-,23-,26+/m1/s1. The van der Waals surface area contributed by atoms with Crippen LogP contribution in [-0.2, 0) is 11.2 Å². The molecule has 2 aromatic carbocycles. The number of amides is 3. The van der Waals surface area contributed by atoms with Crippen LogP contribution in [0, 0.1) is 16.7 Å². The normalized spacial score (nSPS) is 31.3. The molecule has 0 unspecified atom stereocenters. The Kier molecular flexibility index (Phi) is 4.32. The second kappa shape index (κ2) is 6.69. The highest BCUT2D eigenvalue weighted by molar-refractivity contribution is 6.06. The maximum absolute atomic E-state index is 13.7. The Balaban J connectivity index is 1.51. The molecule has 1 saturated heterocycles. The molecule has 2 aliphatic carbocycles. The molecule has 3 aliphatic rings. The van der Waals surface area contributed by atoms with Crippen molar-refractivity contribution in [2.45, 2.75) is 58.5 Å². The number of fused-ring (bicyclic) bond motifs is 5. The van der Waals surface area contributed by atoms with E-state index in [0.29, 0.717) is 18.8 Å². The molecule has 4 nitrogen and oxygen atoms in total. The van der Waals surface area contributed by atoms with Crippen molar-refractivity contribution in [2.75, 3.05) is 4.90 Å². The lowest BCUT2D eigenvalue weighted by Crippen LogP contribution is -2.50. The first kappa shape index (κ1) is 19.3. The van der Waals surface area contributed by atoms with Gasteiger partial charge in [-0.2, -0.15) is 0 Å². The SMILES string of the molecule is CC1(C)[C@@H]2CC[C@@]1(C)[C@H]1[C@@H]2N(c2ccccc2)C(=O)N1C(=O)CCc1ccccc1. The first-order valence-corrected chi connectivity index (χ1v) is 11.1. The van der Waals surface area contributed by atoms with E-state index in [1.54, 1.807) is 4.90 Å². The summed E-state index contributed by atoms with van der Waals surface area (Å²) >= 11 is 0. The second-order valence-corrected chi connectivity index (χ2v) is 9.96. The predicted molar refractivity (Wildman–Crippen MR) is 118 cm³/mol. The summed E-state index contributed by atoms with van der Waals surface area (Å²) in [5.41, 5.74) is 2.08. The predicted octanol–water partition coefficient (Wildman–Crippen LogP) is 5.28. The molecular weight excluding hydrogens is 372 g/mol. The van der Waals surface area contributed by atoms with Gasteiger partial charge in [-0.1, -0.05) is 69.3 Å². The van der Waals surface area contributed by atoms with E-state index < -0.39 is 0 Å². The first-order chi connectivity index (χ1) is 14.4. The average molecular weight is 403 g/mol. The molecule has 5 rings (SSSR count). The van der Waals surface area contributed by atoms with Crippen molar-refractivity contribution in [3.05, 3.63) is 66.2 Å². The lowest BCUT2D eigenvalue weighted by molar-refractivity contribution is -0.131. The summed E-state index contributed by atoms with van der Waals surface area (Å²) in [6.45, 7) is 6.98. The van der Waals surface area contributed by atoms with Gasteiger partial charge in [0.25, 0.3) is 0 Å². The van der Waals surface area contributed by atoms with E-state index in [2.05, 4.69) is 20.8 Å². The Bertz CT molecular complexity index is 971. The summed E-state index contributed by atoms with van der Waals surface area (Å²) < 4.78 is 0. The molecule has 1 aliphatic heterocycles. The van der Waals surface area contributed by atoms with Crippen LogP contribution in [-0.4, -0.2) is 28.9 Å². The minimum atomic E-state index is -0.136. The number of carbonyl (C=O) groups excluding carboxylic acids is 2. The zero-order chi connectivity index (χ0) is 21.1. The molecule has 0 N–H and O–H groups in total. The van der Waals surface area contributed by atoms with Crippen LogP contribution in [0.1, 0.15) is 45.6 Å². The van der Waals surface area contributed by atoms with Crippen LogP contribution in [0.4, 0.5) is 10.5 Å². The average Bonchev–Trinajstić information content (AvgIpc) is 3.24. The summed E-state index contributed by atoms with van der Waals surface area (Å²) in [6.07, 6.45) is 3.22. The number of para-hydroxylation sites is 1. The number of carbonyl (C=O) groups is 2. The summed E-state index contributed by atoms with van der Waals surface area (Å²) in [7, 11) is 0. The van der Waals surface area contributed by atoms with Gasteiger partial charge in [-0.3, -0.25) is 14.6 Å². The van der Waals surface area contributed by atoms with Gasteiger partial charge in [0, 0.05) is 12.1 Å². The fraction of sp³-hybridized carbons (Fsp3) is 0.462. The van der Waals surface area contributed by atoms with Gasteiger partial charge in [-0.15, -0.1) is 0 Å². The van der Waals surface area contributed by atoms with E-state index in [1.807, 2.05) is 65.6 Å². The summed E-state index contributed by atoms with van der Waals surface area (Å²) in [5, 5.41) is 0. The Hall–Kier alpha value is -2.62. The highest BCUT2D eigenvalue weighted by atomic mass is 16.2. The minimum absolute atomic E-state index is 0.0399. The molecule has 3 amide bonds. The van der Waals surface area contributed by atoms with E-state index >= 15 is 0 Å². The smallest absolute Gasteiger partial charge is 0.288 e. The van der Waals surface area contributed by atoms with Crippen LogP contribution in [0.2, 0.25) is 0 Å². The zero-order valence-electron chi connectivity index (χ0n) is 18.0. The number of rotatable bonds is 4. The highest BCUT2D eigenvalue weighted by Gasteiger charge is 2.73. The number of hydrogen-bond acceptors (Lipinski definition) is 2. The van der Waals surface area contributed by atoms with Crippen molar-refractivity contribution < 1.29 is 9.59 Å². The molecule has 3 fully saturated rings. The van der Waals surface area contributed by atoms with Gasteiger partial charge >= 0.3 is 6.03 Å². The number of benzene rings is 2. The third-order valence-electron chi connectivity index (χ3n) is 8.52. The van der Waals surface area contributed by atoms with Gasteiger partial charge in [0.1, 0.15) is 0 Å². The molecule has 30 heavy (non-hydrogen) atoms. The minimum Gasteiger partial charge on any atom is -0.288 e. The second-order valence-electron chi connectivity index (χ2n) is 9.96. The number of imide groups is 1. The monoisotopic (exact) mass is 402 g/mol. The zero-order valence-corrected chi connectivity index (χ0v) is 18.0. The maximum atomic E-state index is 13.7. The molecule has 4 heteroatoms. The molecule has 2 bridgehead atoms. The van der Waals surface area contributed by atoms with Gasteiger partial charge in [-0.25, -0.2) is 4.79 Å². The first-order valence-electron chi connectivity index (χ1n) is 11.1. The van der Waals surface area contributed by atoms with Crippen LogP contribution >= 0.6 is 0 Å². The number of anilines is 1. The Labute approximate surface area is 178 Å². The molecule has 0 radical (unpaired) electrons. The quantitative estimate of drug-likeness (QED) is 0.698. The van der Waals surface area contributed by atoms with Crippen LogP contribution in [0.3, 0.4) is 0 Å². The van der Waals surface area contributed by atoms with Crippen molar-refractivity contribution >= 4 is 17.6 Å². The van der Waals surface area contributed by atoms with Crippen molar-refractivity contribution in [1.82, 2.24) is 4.90 Å². The maximum Gasteiger partial charge on any atom is 0.331 e. The highest BCUT2D eigenvalue weighted by Crippen LogP contribution is 2.69. The lowest BCUT2D eigenvalue weighted by Gasteiger charge is -2.41. The Morgan fingerprint density at radius 1 is 1.00 bits per heavy atom. The lowest BCUT2D eigenvalue weighted by atomic mass is 9.69. The molecule has 156 valence electrons. The van der Waals surface area contributed by atoms with Crippen molar-refractivity contribution in [2.24, 2.45) is 16.7 Å². The molecule has 2 aromatic rings. The third-order valence-corrected chi connectivity index (χ3v) is 8.52. The fourth-order valence-electron chi connectivity index (χ4n) is 6.56. The molecule has 1 heterocycles. The third kappa shape index (κ3) is 2.52.